The first kappa shape index (κ1) is 61.7. The van der Waals surface area contributed by atoms with Gasteiger partial charge in [-0.25, -0.2) is 49.8 Å². The van der Waals surface area contributed by atoms with Gasteiger partial charge in [-0.05, 0) is 123 Å². The number of hydrogen-bond donors (Lipinski definition) is 0. The van der Waals surface area contributed by atoms with Crippen molar-refractivity contribution < 1.29 is 19.5 Å². The van der Waals surface area contributed by atoms with Crippen molar-refractivity contribution >= 4 is 102 Å². The Morgan fingerprint density at radius 1 is 0.247 bits per heavy atom. The van der Waals surface area contributed by atoms with Gasteiger partial charge in [-0.15, -0.1) is 0 Å². The van der Waals surface area contributed by atoms with E-state index in [0.717, 1.165) is 61.1 Å². The maximum Gasteiger partial charge on any atom is 2.00 e. The quantitative estimate of drug-likeness (QED) is 0.0513. The second-order valence-corrected chi connectivity index (χ2v) is 20.3. The van der Waals surface area contributed by atoms with Gasteiger partial charge in [-0.2, -0.15) is 0 Å². The number of nitrogens with zero attached hydrogens (tertiary/aromatic N) is 24. The van der Waals surface area contributed by atoms with E-state index in [0.29, 0.717) is 157 Å². The number of rotatable bonds is 24. The number of benzene rings is 1. The SMILES string of the molecule is CCN(CC)c1nc2c(nc1N(CC)CC)-c1nc-2nc2[n-]c(nc3nc(nc4[n-]c(n1)c1nc(N(CC)CC)c(N(CC)CC)nc41)-c1cc4nc(N(CC)CC)c(N(CC)CC)nc4cc1-3)c1nc(N(CC)CC)c(N(CC)CC)nc21.[Zn+2]. The van der Waals surface area contributed by atoms with E-state index in [2.05, 4.69) is 150 Å². The number of aromatic nitrogens is 16. The number of hydrogen-bond acceptors (Lipinski definition) is 22. The molecular weight excluding hydrogens is 1120 g/mol. The van der Waals surface area contributed by atoms with Crippen molar-refractivity contribution in [2.45, 2.75) is 111 Å². The summed E-state index contributed by atoms with van der Waals surface area (Å²) in [5.74, 6) is 7.14. The minimum atomic E-state index is 0. The molecule has 2 aliphatic rings. The summed E-state index contributed by atoms with van der Waals surface area (Å²) in [5.41, 5.74) is 6.48. The molecule has 7 aromatic heterocycles. The van der Waals surface area contributed by atoms with Gasteiger partial charge in [0, 0.05) is 138 Å². The zero-order valence-corrected chi connectivity index (χ0v) is 55.9. The third-order valence-electron chi connectivity index (χ3n) is 16.3. The van der Waals surface area contributed by atoms with Crippen LogP contribution in [0.15, 0.2) is 12.1 Å². The van der Waals surface area contributed by atoms with Gasteiger partial charge in [-0.3, -0.25) is 0 Å². The average Bonchev–Trinajstić information content (AvgIpc) is 2.00. The van der Waals surface area contributed by atoms with Crippen molar-refractivity contribution in [2.24, 2.45) is 0 Å². The van der Waals surface area contributed by atoms with Crippen LogP contribution in [-0.2, 0) is 19.5 Å². The summed E-state index contributed by atoms with van der Waals surface area (Å²) in [6.07, 6.45) is 0. The summed E-state index contributed by atoms with van der Waals surface area (Å²) in [6.45, 7) is 45.5. The van der Waals surface area contributed by atoms with Gasteiger partial charge < -0.3 is 69.1 Å². The smallest absolute Gasteiger partial charge is 0.354 e. The van der Waals surface area contributed by atoms with Crippen LogP contribution in [0.2, 0.25) is 0 Å². The van der Waals surface area contributed by atoms with Crippen molar-refractivity contribution in [3.05, 3.63) is 12.1 Å². The molecule has 0 N–H and O–H groups in total. The van der Waals surface area contributed by atoms with Crippen LogP contribution in [0.25, 0.3) is 102 Å². The second kappa shape index (κ2) is 26.2. The van der Waals surface area contributed by atoms with E-state index in [4.69, 9.17) is 79.7 Å². The maximum absolute atomic E-state index is 5.48. The number of fused-ring (bicyclic) bond motifs is 21. The fourth-order valence-corrected chi connectivity index (χ4v) is 11.4. The van der Waals surface area contributed by atoms with E-state index in [1.807, 2.05) is 12.1 Å². The standard InChI is InChI=1S/C60H82N24.Zn/c1-17-77(18-2)53-54(78(19-3)20-4)62-38-34-36-35(33-37(38)61-53)45-69-46(36)71-48-40-42(66-58(82(27-11)28-12)56(64-40)80(23-7)24-8)50(73-48)75-52-44-43(67-59(83(29-13)30-14)60(68-44)84(31-15)32-16)51(76-52)74-49-41-39(47(70-45)72-49)63-55(79(21-5)22-6)57(65-41)81(25-9)26-10;/h33-34H,17-32H2,1-16H3;/q-2;+2. The van der Waals surface area contributed by atoms with Gasteiger partial charge in [0.1, 0.15) is 45.1 Å². The van der Waals surface area contributed by atoms with Crippen LogP contribution < -0.4 is 49.2 Å². The molecule has 0 unspecified atom stereocenters. The molecule has 0 atom stereocenters. The van der Waals surface area contributed by atoms with Crippen molar-refractivity contribution in [1.82, 2.24) is 79.7 Å². The fraction of sp³-hybridized carbons (Fsp3) is 0.533. The van der Waals surface area contributed by atoms with Gasteiger partial charge >= 0.3 is 19.5 Å². The minimum Gasteiger partial charge on any atom is -0.354 e. The van der Waals surface area contributed by atoms with Crippen LogP contribution in [0.5, 0.6) is 0 Å². The minimum absolute atomic E-state index is 0. The molecular formula is C60H82N24Zn. The molecule has 8 aromatic rings. The van der Waals surface area contributed by atoms with Gasteiger partial charge in [0.15, 0.2) is 46.5 Å². The molecule has 85 heavy (non-hydrogen) atoms. The summed E-state index contributed by atoms with van der Waals surface area (Å²) in [7, 11) is 0. The zero-order valence-electron chi connectivity index (χ0n) is 52.9. The van der Waals surface area contributed by atoms with Crippen molar-refractivity contribution in [1.29, 1.82) is 0 Å². The Hall–Kier alpha value is -7.82. The van der Waals surface area contributed by atoms with E-state index >= 15 is 0 Å². The third-order valence-corrected chi connectivity index (χ3v) is 16.3. The summed E-state index contributed by atoms with van der Waals surface area (Å²) in [5, 5.41) is 0. The van der Waals surface area contributed by atoms with Crippen LogP contribution in [0.3, 0.4) is 0 Å². The largest absolute Gasteiger partial charge is 2.00 e. The molecule has 0 radical (unpaired) electrons. The van der Waals surface area contributed by atoms with Crippen LogP contribution in [0.4, 0.5) is 46.5 Å². The normalized spacial score (nSPS) is 11.7. The van der Waals surface area contributed by atoms with Gasteiger partial charge in [0.25, 0.3) is 0 Å². The summed E-state index contributed by atoms with van der Waals surface area (Å²) >= 11 is 0. The third kappa shape index (κ3) is 10.9. The van der Waals surface area contributed by atoms with E-state index in [1.165, 1.54) is 0 Å². The van der Waals surface area contributed by atoms with E-state index in [9.17, 15) is 0 Å². The topological polar surface area (TPSA) is 235 Å². The molecule has 0 saturated heterocycles. The Balaban J connectivity index is 0.00000865. The molecule has 25 heteroatoms. The molecule has 8 bridgehead atoms. The Kier molecular flexibility index (Phi) is 19.0. The molecule has 2 aliphatic heterocycles. The van der Waals surface area contributed by atoms with Crippen molar-refractivity contribution in [3.63, 3.8) is 0 Å². The van der Waals surface area contributed by atoms with E-state index < -0.39 is 0 Å². The molecule has 444 valence electrons. The molecule has 24 nitrogen and oxygen atoms in total. The predicted octanol–water partition coefficient (Wildman–Crippen LogP) is 9.21. The molecule has 0 fully saturated rings. The van der Waals surface area contributed by atoms with Gasteiger partial charge in [-0.1, -0.05) is 0 Å². The van der Waals surface area contributed by atoms with Crippen molar-refractivity contribution in [3.8, 4) is 45.8 Å². The monoisotopic (exact) mass is 1200 g/mol. The zero-order chi connectivity index (χ0) is 59.7. The summed E-state index contributed by atoms with van der Waals surface area (Å²) in [4.78, 5) is 104. The maximum atomic E-state index is 5.48. The fourth-order valence-electron chi connectivity index (χ4n) is 11.4. The van der Waals surface area contributed by atoms with E-state index in [-0.39, 0.29) is 53.7 Å². The summed E-state index contributed by atoms with van der Waals surface area (Å²) in [6, 6.07) is 4.03. The summed E-state index contributed by atoms with van der Waals surface area (Å²) < 4.78 is 0. The van der Waals surface area contributed by atoms with Crippen LogP contribution in [-0.4, -0.2) is 174 Å². The molecule has 0 saturated carbocycles. The van der Waals surface area contributed by atoms with Crippen molar-refractivity contribution in [2.75, 3.05) is 144 Å². The molecule has 1 aromatic carbocycles. The molecule has 9 heterocycles. The van der Waals surface area contributed by atoms with Crippen LogP contribution >= 0.6 is 0 Å². The number of anilines is 8. The molecule has 0 spiro atoms. The predicted molar refractivity (Wildman–Crippen MR) is 342 cm³/mol. The molecule has 0 amide bonds. The first-order chi connectivity index (χ1) is 40.9. The second-order valence-electron chi connectivity index (χ2n) is 20.3. The Morgan fingerprint density at radius 3 is 0.682 bits per heavy atom. The average molecular weight is 1200 g/mol. The Bertz CT molecular complexity index is 3620. The van der Waals surface area contributed by atoms with Gasteiger partial charge in [0.2, 0.25) is 0 Å². The first-order valence-electron chi connectivity index (χ1n) is 30.7. The first-order valence-corrected chi connectivity index (χ1v) is 30.7. The van der Waals surface area contributed by atoms with E-state index in [1.54, 1.807) is 0 Å². The molecule has 10 rings (SSSR count). The Labute approximate surface area is 511 Å². The van der Waals surface area contributed by atoms with Crippen LogP contribution in [0, 0.1) is 0 Å². The van der Waals surface area contributed by atoms with Crippen LogP contribution in [0.1, 0.15) is 111 Å². The molecule has 0 aliphatic carbocycles. The Morgan fingerprint density at radius 2 is 0.447 bits per heavy atom. The van der Waals surface area contributed by atoms with Gasteiger partial charge in [0.05, 0.1) is 22.7 Å².